The zero-order valence-corrected chi connectivity index (χ0v) is 19.3. The Morgan fingerprint density at radius 1 is 0.871 bits per heavy atom. The molecule has 1 unspecified atom stereocenters. The van der Waals surface area contributed by atoms with Crippen LogP contribution in [0.25, 0.3) is 0 Å². The summed E-state index contributed by atoms with van der Waals surface area (Å²) in [7, 11) is -7.71. The lowest BCUT2D eigenvalue weighted by Crippen LogP contribution is -2.15. The number of aromatic nitrogens is 1. The van der Waals surface area contributed by atoms with Crippen molar-refractivity contribution in [3.8, 4) is 0 Å². The fraction of sp³-hybridized carbons (Fsp3) is 0.286. The first-order chi connectivity index (χ1) is 14.5. The molecular weight excluding hydrogens is 438 g/mol. The lowest BCUT2D eigenvalue weighted by molar-refractivity contribution is 0.430. The number of benzene rings is 2. The van der Waals surface area contributed by atoms with Crippen LogP contribution in [0, 0.1) is 13.8 Å². The highest BCUT2D eigenvalue weighted by atomic mass is 32.2. The molecule has 1 heterocycles. The lowest BCUT2D eigenvalue weighted by Gasteiger charge is -2.12. The molecular formula is C21H25N3O5S2. The minimum Gasteiger partial charge on any atom is -0.337 e. The molecule has 3 aromatic rings. The van der Waals surface area contributed by atoms with Gasteiger partial charge in [-0.3, -0.25) is 4.72 Å². The SMILES string of the molecule is CCC(C)c1ccc(S(=O)(=O)Nc2ccc(S(=O)(=O)Nc3onc(C)c3C)cc2)cc1. The quantitative estimate of drug-likeness (QED) is 0.511. The lowest BCUT2D eigenvalue weighted by atomic mass is 9.99. The van der Waals surface area contributed by atoms with Gasteiger partial charge >= 0.3 is 0 Å². The molecule has 0 amide bonds. The highest BCUT2D eigenvalue weighted by Gasteiger charge is 2.20. The Morgan fingerprint density at radius 2 is 1.39 bits per heavy atom. The van der Waals surface area contributed by atoms with Gasteiger partial charge in [0, 0.05) is 11.3 Å². The van der Waals surface area contributed by atoms with Crippen molar-refractivity contribution in [3.05, 3.63) is 65.4 Å². The van der Waals surface area contributed by atoms with E-state index in [0.717, 1.165) is 12.0 Å². The van der Waals surface area contributed by atoms with Gasteiger partial charge in [0.25, 0.3) is 20.0 Å². The second kappa shape index (κ2) is 8.72. The van der Waals surface area contributed by atoms with E-state index in [-0.39, 0.29) is 21.4 Å². The van der Waals surface area contributed by atoms with Crippen LogP contribution in [-0.4, -0.2) is 22.0 Å². The van der Waals surface area contributed by atoms with Crippen LogP contribution in [0.5, 0.6) is 0 Å². The number of nitrogens with one attached hydrogen (secondary N) is 2. The van der Waals surface area contributed by atoms with Crippen LogP contribution in [0.2, 0.25) is 0 Å². The number of rotatable bonds is 8. The molecule has 10 heteroatoms. The predicted octanol–water partition coefficient (Wildman–Crippen LogP) is 4.41. The van der Waals surface area contributed by atoms with E-state index in [1.54, 1.807) is 38.1 Å². The molecule has 0 saturated heterocycles. The fourth-order valence-corrected chi connectivity index (χ4v) is 4.92. The third-order valence-electron chi connectivity index (χ3n) is 5.17. The van der Waals surface area contributed by atoms with Crippen LogP contribution in [0.3, 0.4) is 0 Å². The van der Waals surface area contributed by atoms with Crippen LogP contribution in [0.1, 0.15) is 43.0 Å². The molecule has 0 spiro atoms. The molecule has 166 valence electrons. The first kappa shape index (κ1) is 22.8. The summed E-state index contributed by atoms with van der Waals surface area (Å²) in [5.74, 6) is 0.389. The summed E-state index contributed by atoms with van der Waals surface area (Å²) >= 11 is 0. The summed E-state index contributed by atoms with van der Waals surface area (Å²) in [5.41, 5.74) is 2.49. The predicted molar refractivity (Wildman–Crippen MR) is 119 cm³/mol. The number of hydrogen-bond donors (Lipinski definition) is 2. The zero-order valence-electron chi connectivity index (χ0n) is 17.7. The maximum absolute atomic E-state index is 12.7. The Kier molecular flexibility index (Phi) is 6.42. The number of nitrogens with zero attached hydrogens (tertiary/aromatic N) is 1. The minimum absolute atomic E-state index is 0.0400. The Morgan fingerprint density at radius 3 is 1.87 bits per heavy atom. The highest BCUT2D eigenvalue weighted by Crippen LogP contribution is 2.24. The Balaban J connectivity index is 1.75. The van der Waals surface area contributed by atoms with Gasteiger partial charge in [0.2, 0.25) is 5.88 Å². The second-order valence-corrected chi connectivity index (χ2v) is 10.7. The van der Waals surface area contributed by atoms with Crippen molar-refractivity contribution in [1.82, 2.24) is 5.16 Å². The van der Waals surface area contributed by atoms with Crippen LogP contribution in [0.4, 0.5) is 11.6 Å². The molecule has 8 nitrogen and oxygen atoms in total. The van der Waals surface area contributed by atoms with Gasteiger partial charge in [-0.2, -0.15) is 0 Å². The van der Waals surface area contributed by atoms with E-state index in [2.05, 4.69) is 28.4 Å². The molecule has 31 heavy (non-hydrogen) atoms. The van der Waals surface area contributed by atoms with E-state index in [4.69, 9.17) is 4.52 Å². The smallest absolute Gasteiger partial charge is 0.264 e. The Bertz CT molecular complexity index is 1260. The number of hydrogen-bond acceptors (Lipinski definition) is 6. The summed E-state index contributed by atoms with van der Waals surface area (Å²) in [5, 5.41) is 3.72. The molecule has 0 bridgehead atoms. The standard InChI is InChI=1S/C21H25N3O5S2/c1-5-14(2)17-6-10-19(11-7-17)30(25,26)23-18-8-12-20(13-9-18)31(27,28)24-21-15(3)16(4)22-29-21/h6-14,23-24H,5H2,1-4H3. The highest BCUT2D eigenvalue weighted by molar-refractivity contribution is 7.93. The van der Waals surface area contributed by atoms with Crippen LogP contribution in [-0.2, 0) is 20.0 Å². The van der Waals surface area contributed by atoms with E-state index in [9.17, 15) is 16.8 Å². The molecule has 0 saturated carbocycles. The molecule has 3 rings (SSSR count). The fourth-order valence-electron chi connectivity index (χ4n) is 2.82. The second-order valence-electron chi connectivity index (χ2n) is 7.34. The van der Waals surface area contributed by atoms with Crippen LogP contribution >= 0.6 is 0 Å². The van der Waals surface area contributed by atoms with Crippen molar-refractivity contribution in [2.45, 2.75) is 49.8 Å². The van der Waals surface area contributed by atoms with Gasteiger partial charge < -0.3 is 4.52 Å². The first-order valence-corrected chi connectivity index (χ1v) is 12.7. The first-order valence-electron chi connectivity index (χ1n) is 9.72. The van der Waals surface area contributed by atoms with E-state index >= 15 is 0 Å². The van der Waals surface area contributed by atoms with E-state index in [0.29, 0.717) is 17.2 Å². The molecule has 1 aromatic heterocycles. The summed E-state index contributed by atoms with van der Waals surface area (Å²) < 4.78 is 60.2. The van der Waals surface area contributed by atoms with Crippen LogP contribution < -0.4 is 9.44 Å². The van der Waals surface area contributed by atoms with E-state index in [1.165, 1.54) is 24.3 Å². The number of anilines is 2. The van der Waals surface area contributed by atoms with Gasteiger partial charge in [-0.05, 0) is 68.1 Å². The van der Waals surface area contributed by atoms with Gasteiger partial charge in [-0.15, -0.1) is 0 Å². The van der Waals surface area contributed by atoms with Gasteiger partial charge in [0.05, 0.1) is 15.5 Å². The van der Waals surface area contributed by atoms with E-state index < -0.39 is 20.0 Å². The molecule has 1 atom stereocenters. The molecule has 0 radical (unpaired) electrons. The van der Waals surface area contributed by atoms with Crippen molar-refractivity contribution in [1.29, 1.82) is 0 Å². The van der Waals surface area contributed by atoms with Crippen molar-refractivity contribution in [2.75, 3.05) is 9.44 Å². The van der Waals surface area contributed by atoms with Crippen LogP contribution in [0.15, 0.2) is 62.8 Å². The molecule has 2 aromatic carbocycles. The molecule has 2 N–H and O–H groups in total. The van der Waals surface area contributed by atoms with Gasteiger partial charge in [0.15, 0.2) is 0 Å². The van der Waals surface area contributed by atoms with Crippen molar-refractivity contribution >= 4 is 31.6 Å². The summed E-state index contributed by atoms with van der Waals surface area (Å²) in [4.78, 5) is 0.0934. The summed E-state index contributed by atoms with van der Waals surface area (Å²) in [6, 6.07) is 12.1. The summed E-state index contributed by atoms with van der Waals surface area (Å²) in [6.07, 6.45) is 0.962. The van der Waals surface area contributed by atoms with Crippen molar-refractivity contribution < 1.29 is 21.4 Å². The Hall–Kier alpha value is -2.85. The maximum Gasteiger partial charge on any atom is 0.264 e. The molecule has 0 fully saturated rings. The minimum atomic E-state index is -3.91. The maximum atomic E-state index is 12.7. The zero-order chi connectivity index (χ0) is 22.8. The topological polar surface area (TPSA) is 118 Å². The number of aryl methyl sites for hydroxylation is 1. The average molecular weight is 464 g/mol. The number of sulfonamides is 2. The van der Waals surface area contributed by atoms with Gasteiger partial charge in [-0.25, -0.2) is 21.6 Å². The van der Waals surface area contributed by atoms with Crippen molar-refractivity contribution in [2.24, 2.45) is 0 Å². The van der Waals surface area contributed by atoms with Gasteiger partial charge in [0.1, 0.15) is 0 Å². The largest absolute Gasteiger partial charge is 0.337 e. The monoisotopic (exact) mass is 463 g/mol. The third-order valence-corrected chi connectivity index (χ3v) is 7.92. The van der Waals surface area contributed by atoms with E-state index in [1.807, 2.05) is 0 Å². The normalized spacial score (nSPS) is 13.0. The average Bonchev–Trinajstić information content (AvgIpc) is 3.05. The third kappa shape index (κ3) is 5.08. The molecule has 0 aliphatic rings. The molecule has 0 aliphatic carbocycles. The molecule has 0 aliphatic heterocycles. The van der Waals surface area contributed by atoms with Gasteiger partial charge in [-0.1, -0.05) is 31.1 Å². The Labute approximate surface area is 182 Å². The van der Waals surface area contributed by atoms with Crippen molar-refractivity contribution in [3.63, 3.8) is 0 Å². The summed E-state index contributed by atoms with van der Waals surface area (Å²) in [6.45, 7) is 7.55.